The van der Waals surface area contributed by atoms with Gasteiger partial charge in [-0.25, -0.2) is 4.99 Å². The number of benzene rings is 1. The van der Waals surface area contributed by atoms with Crippen LogP contribution in [0.2, 0.25) is 0 Å². The third kappa shape index (κ3) is 5.49. The lowest BCUT2D eigenvalue weighted by atomic mass is 10.1. The lowest BCUT2D eigenvalue weighted by Crippen LogP contribution is -2.36. The van der Waals surface area contributed by atoms with Gasteiger partial charge in [-0.05, 0) is 18.9 Å². The minimum absolute atomic E-state index is 0.000609. The number of halogens is 2. The Morgan fingerprint density at radius 1 is 1.21 bits per heavy atom. The fourth-order valence-electron chi connectivity index (χ4n) is 2.66. The van der Waals surface area contributed by atoms with Crippen LogP contribution < -0.4 is 24.8 Å². The van der Waals surface area contributed by atoms with E-state index in [9.17, 15) is 8.78 Å². The van der Waals surface area contributed by atoms with Gasteiger partial charge in [0.1, 0.15) is 5.75 Å². The Kier molecular flexibility index (Phi) is 6.73. The van der Waals surface area contributed by atoms with Gasteiger partial charge < -0.3 is 29.4 Å². The van der Waals surface area contributed by atoms with Crippen molar-refractivity contribution in [3.63, 3.8) is 0 Å². The lowest BCUT2D eigenvalue weighted by molar-refractivity contribution is -0.0505. The number of guanidine groups is 1. The molecular weight excluding hydrogens is 386 g/mol. The SMILES string of the molecule is CCNC(=NCc1cc2c(cc1OC(F)F)OCO2)NCc1cc(C(C)C)no1. The molecule has 158 valence electrons. The molecule has 1 aliphatic heterocycles. The second-order valence-electron chi connectivity index (χ2n) is 6.61. The zero-order valence-electron chi connectivity index (χ0n) is 16.5. The van der Waals surface area contributed by atoms with Gasteiger partial charge in [-0.3, -0.25) is 0 Å². The van der Waals surface area contributed by atoms with Gasteiger partial charge in [-0.15, -0.1) is 0 Å². The smallest absolute Gasteiger partial charge is 0.387 e. The normalized spacial score (nSPS) is 13.3. The highest BCUT2D eigenvalue weighted by Gasteiger charge is 2.20. The summed E-state index contributed by atoms with van der Waals surface area (Å²) >= 11 is 0. The molecule has 10 heteroatoms. The molecule has 0 unspecified atom stereocenters. The number of nitrogens with zero attached hydrogens (tertiary/aromatic N) is 2. The van der Waals surface area contributed by atoms with Crippen molar-refractivity contribution in [3.05, 3.63) is 35.2 Å². The van der Waals surface area contributed by atoms with Crippen LogP contribution in [0, 0.1) is 0 Å². The maximum absolute atomic E-state index is 12.8. The molecule has 0 saturated carbocycles. The Balaban J connectivity index is 1.72. The Labute approximate surface area is 167 Å². The van der Waals surface area contributed by atoms with Crippen molar-refractivity contribution < 1.29 is 27.5 Å². The molecule has 3 rings (SSSR count). The Morgan fingerprint density at radius 2 is 1.97 bits per heavy atom. The van der Waals surface area contributed by atoms with E-state index in [1.54, 1.807) is 6.07 Å². The second-order valence-corrected chi connectivity index (χ2v) is 6.61. The summed E-state index contributed by atoms with van der Waals surface area (Å²) in [5.41, 5.74) is 1.33. The molecular formula is C19H24F2N4O4. The van der Waals surface area contributed by atoms with E-state index in [0.717, 1.165) is 5.69 Å². The molecule has 0 amide bonds. The van der Waals surface area contributed by atoms with E-state index in [-0.39, 0.29) is 25.0 Å². The highest BCUT2D eigenvalue weighted by molar-refractivity contribution is 5.79. The summed E-state index contributed by atoms with van der Waals surface area (Å²) in [4.78, 5) is 4.45. The zero-order chi connectivity index (χ0) is 20.8. The Morgan fingerprint density at radius 3 is 2.62 bits per heavy atom. The van der Waals surface area contributed by atoms with Gasteiger partial charge in [-0.1, -0.05) is 19.0 Å². The molecule has 1 aliphatic rings. The van der Waals surface area contributed by atoms with Crippen LogP contribution in [-0.4, -0.2) is 31.1 Å². The fourth-order valence-corrected chi connectivity index (χ4v) is 2.66. The average Bonchev–Trinajstić information content (AvgIpc) is 3.32. The molecule has 0 atom stereocenters. The number of nitrogens with one attached hydrogen (secondary N) is 2. The molecule has 0 saturated heterocycles. The third-order valence-corrected chi connectivity index (χ3v) is 4.12. The van der Waals surface area contributed by atoms with Gasteiger partial charge in [0.05, 0.1) is 18.8 Å². The molecule has 2 heterocycles. The number of ether oxygens (including phenoxy) is 3. The molecule has 1 aromatic heterocycles. The van der Waals surface area contributed by atoms with E-state index in [1.807, 2.05) is 26.8 Å². The van der Waals surface area contributed by atoms with Crippen molar-refractivity contribution in [1.29, 1.82) is 0 Å². The molecule has 2 N–H and O–H groups in total. The molecule has 29 heavy (non-hydrogen) atoms. The number of hydrogen-bond donors (Lipinski definition) is 2. The molecule has 0 radical (unpaired) electrons. The molecule has 0 bridgehead atoms. The van der Waals surface area contributed by atoms with Crippen LogP contribution in [0.15, 0.2) is 27.7 Å². The van der Waals surface area contributed by atoms with Crippen LogP contribution in [0.1, 0.15) is 43.7 Å². The number of aliphatic imine (C=N–C) groups is 1. The predicted molar refractivity (Wildman–Crippen MR) is 101 cm³/mol. The monoisotopic (exact) mass is 410 g/mol. The van der Waals surface area contributed by atoms with Crippen LogP contribution in [-0.2, 0) is 13.1 Å². The first kappa shape index (κ1) is 20.7. The van der Waals surface area contributed by atoms with Crippen molar-refractivity contribution in [1.82, 2.24) is 15.8 Å². The maximum atomic E-state index is 12.8. The van der Waals surface area contributed by atoms with Crippen molar-refractivity contribution in [2.75, 3.05) is 13.3 Å². The molecule has 1 aromatic carbocycles. The van der Waals surface area contributed by atoms with Gasteiger partial charge in [0, 0.05) is 24.2 Å². The van der Waals surface area contributed by atoms with Gasteiger partial charge >= 0.3 is 6.61 Å². The first-order valence-electron chi connectivity index (χ1n) is 9.31. The van der Waals surface area contributed by atoms with Crippen LogP contribution in [0.3, 0.4) is 0 Å². The fraction of sp³-hybridized carbons (Fsp3) is 0.474. The number of hydrogen-bond acceptors (Lipinski definition) is 6. The second kappa shape index (κ2) is 9.44. The van der Waals surface area contributed by atoms with Gasteiger partial charge in [0.15, 0.2) is 23.2 Å². The predicted octanol–water partition coefficient (Wildman–Crippen LogP) is 3.38. The van der Waals surface area contributed by atoms with Crippen molar-refractivity contribution >= 4 is 5.96 Å². The van der Waals surface area contributed by atoms with E-state index < -0.39 is 6.61 Å². The maximum Gasteiger partial charge on any atom is 0.387 e. The van der Waals surface area contributed by atoms with Crippen LogP contribution in [0.5, 0.6) is 17.2 Å². The summed E-state index contributed by atoms with van der Waals surface area (Å²) in [7, 11) is 0. The van der Waals surface area contributed by atoms with Gasteiger partial charge in [0.2, 0.25) is 6.79 Å². The quantitative estimate of drug-likeness (QED) is 0.509. The van der Waals surface area contributed by atoms with Crippen LogP contribution in [0.4, 0.5) is 8.78 Å². The first-order chi connectivity index (χ1) is 14.0. The van der Waals surface area contributed by atoms with Crippen LogP contribution >= 0.6 is 0 Å². The van der Waals surface area contributed by atoms with E-state index in [2.05, 4.69) is 25.5 Å². The number of aromatic nitrogens is 1. The molecule has 8 nitrogen and oxygen atoms in total. The minimum atomic E-state index is -2.95. The molecule has 0 fully saturated rings. The summed E-state index contributed by atoms with van der Waals surface area (Å²) in [5, 5.41) is 10.2. The molecule has 0 aliphatic carbocycles. The third-order valence-electron chi connectivity index (χ3n) is 4.12. The summed E-state index contributed by atoms with van der Waals surface area (Å²) in [6.07, 6.45) is 0. The van der Waals surface area contributed by atoms with E-state index >= 15 is 0 Å². The van der Waals surface area contributed by atoms with E-state index in [4.69, 9.17) is 14.0 Å². The number of fused-ring (bicyclic) bond motifs is 1. The van der Waals surface area contributed by atoms with Crippen molar-refractivity contribution in [3.8, 4) is 17.2 Å². The highest BCUT2D eigenvalue weighted by Crippen LogP contribution is 2.39. The highest BCUT2D eigenvalue weighted by atomic mass is 19.3. The molecule has 2 aromatic rings. The first-order valence-corrected chi connectivity index (χ1v) is 9.31. The van der Waals surface area contributed by atoms with Crippen LogP contribution in [0.25, 0.3) is 0 Å². The van der Waals surface area contributed by atoms with Gasteiger partial charge in [-0.2, -0.15) is 8.78 Å². The minimum Gasteiger partial charge on any atom is -0.454 e. The standard InChI is InChI=1S/C19H24F2N4O4/c1-4-22-19(24-9-13-6-14(11(2)3)25-29-13)23-8-12-5-16-17(27-10-26-16)7-15(12)28-18(20)21/h5-7,11,18H,4,8-10H2,1-3H3,(H2,22,23,24). The molecule has 0 spiro atoms. The number of rotatable bonds is 8. The Bertz CT molecular complexity index is 855. The van der Waals surface area contributed by atoms with Gasteiger partial charge in [0.25, 0.3) is 0 Å². The summed E-state index contributed by atoms with van der Waals surface area (Å²) in [6.45, 7) is 4.18. The largest absolute Gasteiger partial charge is 0.454 e. The lowest BCUT2D eigenvalue weighted by Gasteiger charge is -2.13. The zero-order valence-corrected chi connectivity index (χ0v) is 16.5. The summed E-state index contributed by atoms with van der Waals surface area (Å²) in [6, 6.07) is 4.87. The summed E-state index contributed by atoms with van der Waals surface area (Å²) < 4.78 is 46.0. The van der Waals surface area contributed by atoms with E-state index in [1.165, 1.54) is 6.07 Å². The van der Waals surface area contributed by atoms with Crippen molar-refractivity contribution in [2.45, 2.75) is 46.4 Å². The topological polar surface area (TPSA) is 90.1 Å². The van der Waals surface area contributed by atoms with E-state index in [0.29, 0.717) is 41.9 Å². The average molecular weight is 410 g/mol. The van der Waals surface area contributed by atoms with Crippen molar-refractivity contribution in [2.24, 2.45) is 4.99 Å². The summed E-state index contributed by atoms with van der Waals surface area (Å²) in [5.74, 6) is 2.27. The number of alkyl halides is 2. The Hall–Kier alpha value is -3.04.